The fraction of sp³-hybridized carbons (Fsp3) is 0.462. The van der Waals surface area contributed by atoms with E-state index in [4.69, 9.17) is 10.5 Å². The van der Waals surface area contributed by atoms with Crippen molar-refractivity contribution < 1.29 is 9.53 Å². The number of benzene rings is 1. The van der Waals surface area contributed by atoms with E-state index in [9.17, 15) is 4.79 Å². The van der Waals surface area contributed by atoms with E-state index < -0.39 is 0 Å². The van der Waals surface area contributed by atoms with Crippen molar-refractivity contribution in [3.8, 4) is 5.75 Å². The largest absolute Gasteiger partial charge is 0.497 e. The summed E-state index contributed by atoms with van der Waals surface area (Å²) in [7, 11) is 3.43. The summed E-state index contributed by atoms with van der Waals surface area (Å²) in [6.07, 6.45) is 1.26. The van der Waals surface area contributed by atoms with Gasteiger partial charge in [0.15, 0.2) is 0 Å². The first kappa shape index (κ1) is 13.5. The molecule has 1 aromatic carbocycles. The van der Waals surface area contributed by atoms with Crippen LogP contribution in [0.15, 0.2) is 24.3 Å². The van der Waals surface area contributed by atoms with Gasteiger partial charge < -0.3 is 15.4 Å². The van der Waals surface area contributed by atoms with Crippen molar-refractivity contribution in [2.75, 3.05) is 27.2 Å². The van der Waals surface area contributed by atoms with Gasteiger partial charge >= 0.3 is 0 Å². The fourth-order valence-electron chi connectivity index (χ4n) is 1.51. The first-order valence-electron chi connectivity index (χ1n) is 5.74. The van der Waals surface area contributed by atoms with E-state index in [0.29, 0.717) is 19.5 Å². The number of methoxy groups -OCH3 is 1. The van der Waals surface area contributed by atoms with E-state index in [1.54, 1.807) is 12.0 Å². The Morgan fingerprint density at radius 3 is 2.53 bits per heavy atom. The molecule has 0 spiro atoms. The Hall–Kier alpha value is -1.55. The van der Waals surface area contributed by atoms with Gasteiger partial charge in [-0.3, -0.25) is 4.79 Å². The Morgan fingerprint density at radius 2 is 2.00 bits per heavy atom. The van der Waals surface area contributed by atoms with Crippen LogP contribution in [-0.2, 0) is 11.2 Å². The molecule has 1 aromatic rings. The molecule has 0 aliphatic heterocycles. The molecule has 0 aliphatic rings. The molecule has 0 aromatic heterocycles. The normalized spacial score (nSPS) is 10.1. The smallest absolute Gasteiger partial charge is 0.226 e. The summed E-state index contributed by atoms with van der Waals surface area (Å²) < 4.78 is 5.07. The summed E-state index contributed by atoms with van der Waals surface area (Å²) in [5, 5.41) is 0. The number of amides is 1. The number of carbonyl (C=O) groups is 1. The molecule has 0 heterocycles. The summed E-state index contributed by atoms with van der Waals surface area (Å²) in [4.78, 5) is 13.5. The van der Waals surface area contributed by atoms with Gasteiger partial charge in [0, 0.05) is 13.6 Å². The molecule has 4 nitrogen and oxygen atoms in total. The quantitative estimate of drug-likeness (QED) is 0.803. The van der Waals surface area contributed by atoms with Gasteiger partial charge in [0.1, 0.15) is 5.75 Å². The number of nitrogens with zero attached hydrogens (tertiary/aromatic N) is 1. The van der Waals surface area contributed by atoms with Gasteiger partial charge in [0.25, 0.3) is 0 Å². The molecule has 0 bridgehead atoms. The van der Waals surface area contributed by atoms with Gasteiger partial charge in [0.05, 0.1) is 13.5 Å². The second-order valence-electron chi connectivity index (χ2n) is 3.98. The molecule has 2 N–H and O–H groups in total. The van der Waals surface area contributed by atoms with E-state index in [1.807, 2.05) is 31.3 Å². The topological polar surface area (TPSA) is 55.6 Å². The maximum Gasteiger partial charge on any atom is 0.226 e. The number of hydrogen-bond donors (Lipinski definition) is 1. The highest BCUT2D eigenvalue weighted by molar-refractivity contribution is 5.78. The Bertz CT molecular complexity index is 349. The molecule has 1 amide bonds. The second kappa shape index (κ2) is 6.91. The zero-order valence-corrected chi connectivity index (χ0v) is 10.5. The van der Waals surface area contributed by atoms with Crippen molar-refractivity contribution in [2.24, 2.45) is 5.73 Å². The van der Waals surface area contributed by atoms with Crippen molar-refractivity contribution in [1.29, 1.82) is 0 Å². The van der Waals surface area contributed by atoms with Gasteiger partial charge in [-0.25, -0.2) is 0 Å². The Labute approximate surface area is 102 Å². The number of ether oxygens (including phenoxy) is 1. The highest BCUT2D eigenvalue weighted by Crippen LogP contribution is 2.12. The van der Waals surface area contributed by atoms with Gasteiger partial charge in [-0.2, -0.15) is 0 Å². The summed E-state index contributed by atoms with van der Waals surface area (Å²) >= 11 is 0. The lowest BCUT2D eigenvalue weighted by Crippen LogP contribution is -2.30. The molecule has 94 valence electrons. The number of rotatable bonds is 6. The molecule has 0 saturated carbocycles. The van der Waals surface area contributed by atoms with Gasteiger partial charge in [-0.05, 0) is 30.7 Å². The maximum atomic E-state index is 11.8. The SMILES string of the molecule is COc1ccc(CC(=O)N(C)CCCN)cc1. The summed E-state index contributed by atoms with van der Waals surface area (Å²) in [6.45, 7) is 1.33. The van der Waals surface area contributed by atoms with Crippen LogP contribution in [-0.4, -0.2) is 38.1 Å². The van der Waals surface area contributed by atoms with Crippen LogP contribution >= 0.6 is 0 Å². The van der Waals surface area contributed by atoms with Crippen LogP contribution < -0.4 is 10.5 Å². The lowest BCUT2D eigenvalue weighted by atomic mass is 10.1. The van der Waals surface area contributed by atoms with Crippen LogP contribution in [0.4, 0.5) is 0 Å². The molecule has 1 rings (SSSR count). The number of nitrogens with two attached hydrogens (primary N) is 1. The molecule has 17 heavy (non-hydrogen) atoms. The molecule has 0 aliphatic carbocycles. The van der Waals surface area contributed by atoms with Crippen LogP contribution in [0.3, 0.4) is 0 Å². The molecular weight excluding hydrogens is 216 g/mol. The Morgan fingerprint density at radius 1 is 1.35 bits per heavy atom. The average molecular weight is 236 g/mol. The predicted octanol–water partition coefficient (Wildman–Crippen LogP) is 1.04. The Balaban J connectivity index is 2.49. The first-order chi connectivity index (χ1) is 8.17. The van der Waals surface area contributed by atoms with E-state index in [2.05, 4.69) is 0 Å². The lowest BCUT2D eigenvalue weighted by Gasteiger charge is -2.16. The number of likely N-dealkylation sites (N-methyl/N-ethyl adjacent to an activating group) is 1. The van der Waals surface area contributed by atoms with Crippen LogP contribution in [0, 0.1) is 0 Å². The predicted molar refractivity (Wildman–Crippen MR) is 68.0 cm³/mol. The summed E-state index contributed by atoms with van der Waals surface area (Å²) in [5.41, 5.74) is 6.41. The standard InChI is InChI=1S/C13H20N2O2/c1-15(9-3-8-14)13(16)10-11-4-6-12(17-2)7-5-11/h4-7H,3,8-10,14H2,1-2H3. The van der Waals surface area contributed by atoms with Crippen molar-refractivity contribution in [1.82, 2.24) is 4.90 Å². The van der Waals surface area contributed by atoms with Crippen LogP contribution in [0.2, 0.25) is 0 Å². The van der Waals surface area contributed by atoms with Crippen molar-refractivity contribution in [3.63, 3.8) is 0 Å². The molecule has 0 radical (unpaired) electrons. The molecule has 0 saturated heterocycles. The maximum absolute atomic E-state index is 11.8. The fourth-order valence-corrected chi connectivity index (χ4v) is 1.51. The van der Waals surface area contributed by atoms with Gasteiger partial charge in [-0.15, -0.1) is 0 Å². The van der Waals surface area contributed by atoms with Crippen molar-refractivity contribution >= 4 is 5.91 Å². The third-order valence-electron chi connectivity index (χ3n) is 2.64. The molecule has 0 fully saturated rings. The molecule has 0 unspecified atom stereocenters. The van der Waals surface area contributed by atoms with E-state index in [-0.39, 0.29) is 5.91 Å². The lowest BCUT2D eigenvalue weighted by molar-refractivity contribution is -0.129. The Kier molecular flexibility index (Phi) is 5.49. The number of carbonyl (C=O) groups excluding carboxylic acids is 1. The zero-order chi connectivity index (χ0) is 12.7. The third kappa shape index (κ3) is 4.44. The van der Waals surface area contributed by atoms with Gasteiger partial charge in [0.2, 0.25) is 5.91 Å². The molecular formula is C13H20N2O2. The van der Waals surface area contributed by atoms with Crippen LogP contribution in [0.25, 0.3) is 0 Å². The highest BCUT2D eigenvalue weighted by atomic mass is 16.5. The second-order valence-corrected chi connectivity index (χ2v) is 3.98. The highest BCUT2D eigenvalue weighted by Gasteiger charge is 2.08. The first-order valence-corrected chi connectivity index (χ1v) is 5.74. The molecule has 0 atom stereocenters. The zero-order valence-electron chi connectivity index (χ0n) is 10.5. The van der Waals surface area contributed by atoms with E-state index >= 15 is 0 Å². The van der Waals surface area contributed by atoms with Crippen molar-refractivity contribution in [3.05, 3.63) is 29.8 Å². The summed E-state index contributed by atoms with van der Waals surface area (Å²) in [5.74, 6) is 0.918. The van der Waals surface area contributed by atoms with Crippen molar-refractivity contribution in [2.45, 2.75) is 12.8 Å². The average Bonchev–Trinajstić information content (AvgIpc) is 2.36. The van der Waals surface area contributed by atoms with Crippen LogP contribution in [0.1, 0.15) is 12.0 Å². The molecule has 4 heteroatoms. The third-order valence-corrected chi connectivity index (χ3v) is 2.64. The minimum Gasteiger partial charge on any atom is -0.497 e. The minimum atomic E-state index is 0.114. The van der Waals surface area contributed by atoms with E-state index in [1.165, 1.54) is 0 Å². The minimum absolute atomic E-state index is 0.114. The number of hydrogen-bond acceptors (Lipinski definition) is 3. The van der Waals surface area contributed by atoms with Crippen LogP contribution in [0.5, 0.6) is 5.75 Å². The monoisotopic (exact) mass is 236 g/mol. The summed E-state index contributed by atoms with van der Waals surface area (Å²) in [6, 6.07) is 7.55. The van der Waals surface area contributed by atoms with E-state index in [0.717, 1.165) is 17.7 Å². The van der Waals surface area contributed by atoms with Gasteiger partial charge in [-0.1, -0.05) is 12.1 Å².